The van der Waals surface area contributed by atoms with E-state index in [1.165, 1.54) is 7.11 Å². The fourth-order valence-electron chi connectivity index (χ4n) is 1.76. The molecule has 0 bridgehead atoms. The Labute approximate surface area is 116 Å². The van der Waals surface area contributed by atoms with Gasteiger partial charge >= 0.3 is 5.97 Å². The van der Waals surface area contributed by atoms with Crippen molar-refractivity contribution in [2.75, 3.05) is 12.4 Å². The van der Waals surface area contributed by atoms with Gasteiger partial charge in [0.25, 0.3) is 5.91 Å². The molecule has 0 radical (unpaired) electrons. The zero-order valence-electron chi connectivity index (χ0n) is 11.2. The molecule has 0 aliphatic heterocycles. The minimum Gasteiger partial charge on any atom is -0.465 e. The van der Waals surface area contributed by atoms with E-state index in [-0.39, 0.29) is 5.91 Å². The average molecular weight is 270 g/mol. The van der Waals surface area contributed by atoms with E-state index in [0.717, 1.165) is 5.56 Å². The maximum Gasteiger partial charge on any atom is 0.337 e. The van der Waals surface area contributed by atoms with Crippen molar-refractivity contribution in [3.8, 4) is 0 Å². The van der Waals surface area contributed by atoms with Crippen molar-refractivity contribution >= 4 is 17.6 Å². The zero-order valence-corrected chi connectivity index (χ0v) is 11.2. The van der Waals surface area contributed by atoms with Gasteiger partial charge < -0.3 is 10.1 Å². The van der Waals surface area contributed by atoms with Crippen LogP contribution >= 0.6 is 0 Å². The van der Waals surface area contributed by atoms with Crippen LogP contribution in [0.25, 0.3) is 0 Å². The molecule has 1 N–H and O–H groups in total. The van der Waals surface area contributed by atoms with E-state index in [0.29, 0.717) is 16.9 Å². The maximum atomic E-state index is 12.1. The molecule has 1 aromatic carbocycles. The van der Waals surface area contributed by atoms with Crippen LogP contribution in [0.15, 0.2) is 42.6 Å². The maximum absolute atomic E-state index is 12.1. The summed E-state index contributed by atoms with van der Waals surface area (Å²) in [4.78, 5) is 27.6. The predicted octanol–water partition coefficient (Wildman–Crippen LogP) is 2.43. The number of pyridine rings is 1. The molecule has 102 valence electrons. The molecule has 20 heavy (non-hydrogen) atoms. The molecule has 1 amide bonds. The lowest BCUT2D eigenvalue weighted by atomic mass is 10.2. The molecular formula is C15H14N2O3. The van der Waals surface area contributed by atoms with Gasteiger partial charge in [0.05, 0.1) is 12.7 Å². The zero-order chi connectivity index (χ0) is 14.5. The lowest BCUT2D eigenvalue weighted by molar-refractivity contribution is 0.0600. The first kappa shape index (κ1) is 13.7. The highest BCUT2D eigenvalue weighted by Crippen LogP contribution is 2.13. The quantitative estimate of drug-likeness (QED) is 0.870. The number of benzene rings is 1. The number of esters is 1. The summed E-state index contributed by atoms with van der Waals surface area (Å²) in [6.07, 6.45) is 1.56. The van der Waals surface area contributed by atoms with Crippen LogP contribution in [-0.4, -0.2) is 24.0 Å². The van der Waals surface area contributed by atoms with Crippen LogP contribution in [0.4, 0.5) is 5.69 Å². The molecule has 0 aliphatic rings. The summed E-state index contributed by atoms with van der Waals surface area (Å²) in [5, 5.41) is 2.71. The van der Waals surface area contributed by atoms with E-state index in [1.807, 2.05) is 13.0 Å². The topological polar surface area (TPSA) is 68.3 Å². The first-order valence-corrected chi connectivity index (χ1v) is 6.03. The minimum absolute atomic E-state index is 0.315. The third-order valence-electron chi connectivity index (χ3n) is 2.77. The molecule has 0 unspecified atom stereocenters. The van der Waals surface area contributed by atoms with Crippen molar-refractivity contribution in [1.82, 2.24) is 4.98 Å². The van der Waals surface area contributed by atoms with Gasteiger partial charge in [-0.15, -0.1) is 0 Å². The highest BCUT2D eigenvalue weighted by Gasteiger charge is 2.11. The Bertz CT molecular complexity index is 653. The molecule has 1 aromatic heterocycles. The number of nitrogens with one attached hydrogen (secondary N) is 1. The van der Waals surface area contributed by atoms with Gasteiger partial charge in [0.15, 0.2) is 0 Å². The van der Waals surface area contributed by atoms with Crippen molar-refractivity contribution < 1.29 is 14.3 Å². The van der Waals surface area contributed by atoms with Crippen LogP contribution in [0.2, 0.25) is 0 Å². The van der Waals surface area contributed by atoms with Crippen LogP contribution in [0.3, 0.4) is 0 Å². The molecule has 5 heteroatoms. The second-order valence-corrected chi connectivity index (χ2v) is 4.20. The number of rotatable bonds is 3. The average Bonchev–Trinajstić information content (AvgIpc) is 2.47. The molecule has 1 heterocycles. The monoisotopic (exact) mass is 270 g/mol. The normalized spacial score (nSPS) is 9.90. The summed E-state index contributed by atoms with van der Waals surface area (Å²) in [5.41, 5.74) is 2.04. The predicted molar refractivity (Wildman–Crippen MR) is 74.7 cm³/mol. The molecule has 0 saturated carbocycles. The summed E-state index contributed by atoms with van der Waals surface area (Å²) in [6.45, 7) is 1.81. The Morgan fingerprint density at radius 2 is 2.00 bits per heavy atom. The first-order chi connectivity index (χ1) is 9.61. The number of ether oxygens (including phenoxy) is 1. The molecular weight excluding hydrogens is 256 g/mol. The SMILES string of the molecule is COC(=O)c1cccc(NC(=O)c2ncccc2C)c1. The lowest BCUT2D eigenvalue weighted by Gasteiger charge is -2.07. The van der Waals surface area contributed by atoms with Gasteiger partial charge in [-0.05, 0) is 36.8 Å². The summed E-state index contributed by atoms with van der Waals surface area (Å²) < 4.78 is 4.64. The van der Waals surface area contributed by atoms with E-state index in [2.05, 4.69) is 15.0 Å². The van der Waals surface area contributed by atoms with E-state index >= 15 is 0 Å². The highest BCUT2D eigenvalue weighted by atomic mass is 16.5. The Balaban J connectivity index is 2.20. The molecule has 0 aliphatic carbocycles. The van der Waals surface area contributed by atoms with Gasteiger partial charge in [0.2, 0.25) is 0 Å². The fourth-order valence-corrected chi connectivity index (χ4v) is 1.76. The van der Waals surface area contributed by atoms with E-state index in [4.69, 9.17) is 0 Å². The smallest absolute Gasteiger partial charge is 0.337 e. The number of anilines is 1. The molecule has 5 nitrogen and oxygen atoms in total. The van der Waals surface area contributed by atoms with Gasteiger partial charge in [-0.2, -0.15) is 0 Å². The Morgan fingerprint density at radius 1 is 1.20 bits per heavy atom. The lowest BCUT2D eigenvalue weighted by Crippen LogP contribution is -2.15. The van der Waals surface area contributed by atoms with Crippen molar-refractivity contribution in [1.29, 1.82) is 0 Å². The van der Waals surface area contributed by atoms with E-state index in [9.17, 15) is 9.59 Å². The Morgan fingerprint density at radius 3 is 2.70 bits per heavy atom. The van der Waals surface area contributed by atoms with Gasteiger partial charge in [0, 0.05) is 11.9 Å². The van der Waals surface area contributed by atoms with Gasteiger partial charge in [-0.25, -0.2) is 4.79 Å². The second kappa shape index (κ2) is 5.97. The number of aryl methyl sites for hydroxylation is 1. The number of amides is 1. The van der Waals surface area contributed by atoms with E-state index < -0.39 is 5.97 Å². The molecule has 0 fully saturated rings. The number of methoxy groups -OCH3 is 1. The second-order valence-electron chi connectivity index (χ2n) is 4.20. The minimum atomic E-state index is -0.449. The number of aromatic nitrogens is 1. The van der Waals surface area contributed by atoms with Crippen LogP contribution in [0.1, 0.15) is 26.4 Å². The van der Waals surface area contributed by atoms with Crippen molar-refractivity contribution in [3.63, 3.8) is 0 Å². The van der Waals surface area contributed by atoms with E-state index in [1.54, 1.807) is 36.5 Å². The summed E-state index contributed by atoms with van der Waals surface area (Å²) >= 11 is 0. The Kier molecular flexibility index (Phi) is 4.10. The molecule has 0 atom stereocenters. The van der Waals surface area contributed by atoms with Gasteiger partial charge in [-0.3, -0.25) is 9.78 Å². The van der Waals surface area contributed by atoms with Crippen LogP contribution in [0.5, 0.6) is 0 Å². The molecule has 2 aromatic rings. The Hall–Kier alpha value is -2.69. The highest BCUT2D eigenvalue weighted by molar-refractivity contribution is 6.04. The van der Waals surface area contributed by atoms with Crippen molar-refractivity contribution in [2.24, 2.45) is 0 Å². The number of hydrogen-bond acceptors (Lipinski definition) is 4. The van der Waals surface area contributed by atoms with Crippen LogP contribution in [0, 0.1) is 6.92 Å². The van der Waals surface area contributed by atoms with Gasteiger partial charge in [0.1, 0.15) is 5.69 Å². The summed E-state index contributed by atoms with van der Waals surface area (Å²) in [5.74, 6) is -0.764. The molecule has 0 spiro atoms. The number of nitrogens with zero attached hydrogens (tertiary/aromatic N) is 1. The summed E-state index contributed by atoms with van der Waals surface area (Å²) in [7, 11) is 1.31. The van der Waals surface area contributed by atoms with Crippen LogP contribution < -0.4 is 5.32 Å². The largest absolute Gasteiger partial charge is 0.465 e. The third-order valence-corrected chi connectivity index (χ3v) is 2.77. The summed E-state index contributed by atoms with van der Waals surface area (Å²) in [6, 6.07) is 10.1. The number of carbonyl (C=O) groups is 2. The molecule has 0 saturated heterocycles. The van der Waals surface area contributed by atoms with Crippen LogP contribution in [-0.2, 0) is 4.74 Å². The fraction of sp³-hybridized carbons (Fsp3) is 0.133. The third kappa shape index (κ3) is 3.00. The molecule has 2 rings (SSSR count). The number of hydrogen-bond donors (Lipinski definition) is 1. The van der Waals surface area contributed by atoms with Crippen molar-refractivity contribution in [3.05, 3.63) is 59.4 Å². The van der Waals surface area contributed by atoms with Crippen molar-refractivity contribution in [2.45, 2.75) is 6.92 Å². The van der Waals surface area contributed by atoms with Gasteiger partial charge in [-0.1, -0.05) is 12.1 Å². The standard InChI is InChI=1S/C15H14N2O3/c1-10-5-4-8-16-13(10)14(18)17-12-7-3-6-11(9-12)15(19)20-2/h3-9H,1-2H3,(H,17,18). The number of carbonyl (C=O) groups excluding carboxylic acids is 2. The first-order valence-electron chi connectivity index (χ1n) is 6.03.